The van der Waals surface area contributed by atoms with Crippen molar-refractivity contribution in [3.8, 4) is 39.1 Å². The van der Waals surface area contributed by atoms with E-state index < -0.39 is 0 Å². The topological polar surface area (TPSA) is 8.17 Å². The molecule has 12 aromatic carbocycles. The lowest BCUT2D eigenvalue weighted by molar-refractivity contribution is 1.18. The lowest BCUT2D eigenvalue weighted by atomic mass is 9.94. The Balaban J connectivity index is 0.969. The molecule has 0 amide bonds. The Labute approximate surface area is 383 Å². The van der Waals surface area contributed by atoms with Gasteiger partial charge in [-0.1, -0.05) is 200 Å². The second-order valence-electron chi connectivity index (χ2n) is 17.2. The van der Waals surface area contributed by atoms with E-state index in [-0.39, 0.29) is 0 Å². The molecule has 13 aromatic rings. The van der Waals surface area contributed by atoms with E-state index >= 15 is 0 Å². The molecular weight excluding hydrogens is 797 g/mol. The summed E-state index contributed by atoms with van der Waals surface area (Å²) in [5, 5.41) is 12.7. The molecule has 1 heterocycles. The number of hydrogen-bond acceptors (Lipinski definition) is 1. The summed E-state index contributed by atoms with van der Waals surface area (Å²) in [6, 6.07) is 93.3. The Bertz CT molecular complexity index is 3970. The van der Waals surface area contributed by atoms with Crippen LogP contribution >= 0.6 is 0 Å². The van der Waals surface area contributed by atoms with Crippen molar-refractivity contribution < 1.29 is 0 Å². The van der Waals surface area contributed by atoms with Gasteiger partial charge in [0.25, 0.3) is 0 Å². The van der Waals surface area contributed by atoms with Crippen molar-refractivity contribution in [3.05, 3.63) is 255 Å². The summed E-state index contributed by atoms with van der Waals surface area (Å²) < 4.78 is 2.46. The molecule has 0 atom stereocenters. The fourth-order valence-corrected chi connectivity index (χ4v) is 10.5. The first-order valence-electron chi connectivity index (χ1n) is 22.8. The van der Waals surface area contributed by atoms with Crippen LogP contribution in [0, 0.1) is 0 Å². The quantitative estimate of drug-likeness (QED) is 0.145. The van der Waals surface area contributed by atoms with E-state index in [1.165, 1.54) is 87.1 Å². The highest BCUT2D eigenvalue weighted by Gasteiger charge is 2.22. The van der Waals surface area contributed by atoms with Gasteiger partial charge < -0.3 is 9.47 Å². The average molecular weight is 839 g/mol. The molecule has 2 nitrogen and oxygen atoms in total. The minimum absolute atomic E-state index is 1.08. The molecular formula is C64H42N2. The van der Waals surface area contributed by atoms with Gasteiger partial charge in [-0.05, 0) is 120 Å². The van der Waals surface area contributed by atoms with Crippen molar-refractivity contribution in [2.45, 2.75) is 0 Å². The van der Waals surface area contributed by atoms with Crippen molar-refractivity contribution in [1.82, 2.24) is 4.57 Å². The summed E-state index contributed by atoms with van der Waals surface area (Å²) in [5.74, 6) is 0. The van der Waals surface area contributed by atoms with Crippen LogP contribution in [-0.2, 0) is 0 Å². The minimum atomic E-state index is 1.08. The first-order chi connectivity index (χ1) is 32.7. The molecule has 0 N–H and O–H groups in total. The van der Waals surface area contributed by atoms with E-state index in [9.17, 15) is 0 Å². The normalized spacial score (nSPS) is 11.6. The van der Waals surface area contributed by atoms with Crippen LogP contribution in [0.1, 0.15) is 0 Å². The standard InChI is InChI=1S/C64H42N2/c1-2-14-43(15-3-1)44-28-35-50(36-29-44)65(51-37-30-45(31-38-51)49-27-26-48-33-39-54-52-18-6-4-16-46(52)32-40-55(54)59(48)42-49)60-23-11-8-20-56(60)57-21-9-12-24-61(57)66-62-25-13-10-22-58(62)64-53-19-7-5-17-47(53)34-41-63(64)66/h1-42H. The molecule has 13 rings (SSSR count). The molecule has 2 heteroatoms. The van der Waals surface area contributed by atoms with Crippen LogP contribution in [0.3, 0.4) is 0 Å². The number of anilines is 3. The first-order valence-corrected chi connectivity index (χ1v) is 22.8. The monoisotopic (exact) mass is 838 g/mol. The maximum Gasteiger partial charge on any atom is 0.0547 e. The van der Waals surface area contributed by atoms with Gasteiger partial charge in [-0.15, -0.1) is 0 Å². The average Bonchev–Trinajstić information content (AvgIpc) is 3.74. The molecule has 0 saturated heterocycles. The van der Waals surface area contributed by atoms with Gasteiger partial charge in [0.05, 0.1) is 22.4 Å². The third-order valence-electron chi connectivity index (χ3n) is 13.6. The van der Waals surface area contributed by atoms with Crippen molar-refractivity contribution in [1.29, 1.82) is 0 Å². The number of fused-ring (bicyclic) bond motifs is 10. The SMILES string of the molecule is c1ccc(-c2ccc(N(c3ccc(-c4ccc5ccc6c7ccccc7ccc6c5c4)cc3)c3ccccc3-c3ccccc3-n3c4ccccc4c4c5ccccc5ccc43)cc2)cc1. The molecule has 0 unspecified atom stereocenters. The number of para-hydroxylation sites is 3. The highest BCUT2D eigenvalue weighted by molar-refractivity contribution is 6.22. The van der Waals surface area contributed by atoms with Gasteiger partial charge >= 0.3 is 0 Å². The molecule has 0 bridgehead atoms. The Morgan fingerprint density at radius 2 is 0.773 bits per heavy atom. The highest BCUT2D eigenvalue weighted by Crippen LogP contribution is 2.45. The molecule has 1 aromatic heterocycles. The zero-order valence-corrected chi connectivity index (χ0v) is 36.1. The lowest BCUT2D eigenvalue weighted by Crippen LogP contribution is -2.11. The van der Waals surface area contributed by atoms with Gasteiger partial charge in [0.2, 0.25) is 0 Å². The highest BCUT2D eigenvalue weighted by atomic mass is 15.1. The number of nitrogens with zero attached hydrogens (tertiary/aromatic N) is 2. The van der Waals surface area contributed by atoms with Crippen LogP contribution in [-0.4, -0.2) is 4.57 Å². The van der Waals surface area contributed by atoms with Crippen LogP contribution in [0.4, 0.5) is 17.1 Å². The predicted octanol–water partition coefficient (Wildman–Crippen LogP) is 17.9. The summed E-state index contributed by atoms with van der Waals surface area (Å²) in [6.45, 7) is 0. The molecule has 0 aliphatic carbocycles. The second-order valence-corrected chi connectivity index (χ2v) is 17.2. The number of hydrogen-bond donors (Lipinski definition) is 0. The fourth-order valence-electron chi connectivity index (χ4n) is 10.5. The van der Waals surface area contributed by atoms with Crippen molar-refractivity contribution in [3.63, 3.8) is 0 Å². The largest absolute Gasteiger partial charge is 0.310 e. The molecule has 0 fully saturated rings. The Morgan fingerprint density at radius 1 is 0.273 bits per heavy atom. The lowest BCUT2D eigenvalue weighted by Gasteiger charge is -2.29. The molecule has 0 saturated carbocycles. The summed E-state index contributed by atoms with van der Waals surface area (Å²) >= 11 is 0. The van der Waals surface area contributed by atoms with Crippen molar-refractivity contribution >= 4 is 82.0 Å². The van der Waals surface area contributed by atoms with E-state index in [2.05, 4.69) is 264 Å². The third-order valence-corrected chi connectivity index (χ3v) is 13.6. The summed E-state index contributed by atoms with van der Waals surface area (Å²) in [6.07, 6.45) is 0. The molecule has 0 aliphatic heterocycles. The van der Waals surface area contributed by atoms with Gasteiger partial charge in [-0.2, -0.15) is 0 Å². The fraction of sp³-hybridized carbons (Fsp3) is 0. The van der Waals surface area contributed by atoms with Crippen molar-refractivity contribution in [2.75, 3.05) is 4.90 Å². The van der Waals surface area contributed by atoms with Gasteiger partial charge in [0, 0.05) is 33.3 Å². The van der Waals surface area contributed by atoms with Crippen LogP contribution in [0.25, 0.3) is 104 Å². The van der Waals surface area contributed by atoms with Gasteiger partial charge in [0.15, 0.2) is 0 Å². The predicted molar refractivity (Wildman–Crippen MR) is 282 cm³/mol. The molecule has 66 heavy (non-hydrogen) atoms. The zero-order valence-electron chi connectivity index (χ0n) is 36.1. The molecule has 0 radical (unpaired) electrons. The van der Waals surface area contributed by atoms with Crippen LogP contribution < -0.4 is 4.90 Å². The van der Waals surface area contributed by atoms with E-state index in [1.807, 2.05) is 0 Å². The summed E-state index contributed by atoms with van der Waals surface area (Å²) in [7, 11) is 0. The minimum Gasteiger partial charge on any atom is -0.310 e. The van der Waals surface area contributed by atoms with Crippen LogP contribution in [0.15, 0.2) is 255 Å². The smallest absolute Gasteiger partial charge is 0.0547 e. The maximum absolute atomic E-state index is 2.46. The van der Waals surface area contributed by atoms with Gasteiger partial charge in [-0.25, -0.2) is 0 Å². The van der Waals surface area contributed by atoms with Gasteiger partial charge in [-0.3, -0.25) is 0 Å². The van der Waals surface area contributed by atoms with Crippen LogP contribution in [0.2, 0.25) is 0 Å². The number of rotatable bonds is 7. The Kier molecular flexibility index (Phi) is 8.89. The number of benzene rings is 12. The van der Waals surface area contributed by atoms with E-state index in [1.54, 1.807) is 0 Å². The van der Waals surface area contributed by atoms with E-state index in [4.69, 9.17) is 0 Å². The van der Waals surface area contributed by atoms with Gasteiger partial charge in [0.1, 0.15) is 0 Å². The van der Waals surface area contributed by atoms with E-state index in [0.29, 0.717) is 0 Å². The number of aromatic nitrogens is 1. The van der Waals surface area contributed by atoms with E-state index in [0.717, 1.165) is 33.9 Å². The molecule has 308 valence electrons. The van der Waals surface area contributed by atoms with Crippen LogP contribution in [0.5, 0.6) is 0 Å². The van der Waals surface area contributed by atoms with Crippen molar-refractivity contribution in [2.24, 2.45) is 0 Å². The zero-order chi connectivity index (χ0) is 43.6. The Hall–Kier alpha value is -8.72. The second kappa shape index (κ2) is 15.5. The maximum atomic E-state index is 2.46. The summed E-state index contributed by atoms with van der Waals surface area (Å²) in [5.41, 5.74) is 13.8. The first kappa shape index (κ1) is 37.8. The molecule has 0 aliphatic rings. The third kappa shape index (κ3) is 6.18. The molecule has 0 spiro atoms. The summed E-state index contributed by atoms with van der Waals surface area (Å²) in [4.78, 5) is 2.42. The Morgan fingerprint density at radius 3 is 1.53 bits per heavy atom.